The Labute approximate surface area is 139 Å². The highest BCUT2D eigenvalue weighted by Crippen LogP contribution is 2.45. The Morgan fingerprint density at radius 1 is 1.26 bits per heavy atom. The van der Waals surface area contributed by atoms with Crippen LogP contribution in [0.2, 0.25) is 0 Å². The van der Waals surface area contributed by atoms with E-state index in [1.54, 1.807) is 0 Å². The Morgan fingerprint density at radius 3 is 2.74 bits per heavy atom. The summed E-state index contributed by atoms with van der Waals surface area (Å²) in [4.78, 5) is 17.6. The number of ether oxygens (including phenoxy) is 1. The van der Waals surface area contributed by atoms with Crippen molar-refractivity contribution in [3.8, 4) is 0 Å². The Balaban J connectivity index is 1.42. The fraction of sp³-hybridized carbons (Fsp3) is 0.842. The number of allylic oxidation sites excluding steroid dienone is 2. The van der Waals surface area contributed by atoms with E-state index in [-0.39, 0.29) is 11.3 Å². The quantitative estimate of drug-likeness (QED) is 0.728. The highest BCUT2D eigenvalue weighted by molar-refractivity contribution is 5.80. The molecule has 0 N–H and O–H groups in total. The number of hydrogen-bond donors (Lipinski definition) is 0. The number of carbonyl (C=O) groups is 1. The first kappa shape index (κ1) is 15.6. The van der Waals surface area contributed by atoms with Crippen molar-refractivity contribution in [2.75, 3.05) is 46.4 Å². The highest BCUT2D eigenvalue weighted by atomic mass is 16.5. The van der Waals surface area contributed by atoms with E-state index in [4.69, 9.17) is 4.74 Å². The fourth-order valence-electron chi connectivity index (χ4n) is 5.00. The van der Waals surface area contributed by atoms with Gasteiger partial charge in [0.25, 0.3) is 0 Å². The average molecular weight is 318 g/mol. The van der Waals surface area contributed by atoms with E-state index in [0.717, 1.165) is 51.4 Å². The molecule has 2 aliphatic heterocycles. The second-order valence-corrected chi connectivity index (χ2v) is 8.30. The van der Waals surface area contributed by atoms with Crippen LogP contribution in [-0.2, 0) is 9.53 Å². The number of hydrogen-bond acceptors (Lipinski definition) is 3. The molecule has 0 aromatic rings. The van der Waals surface area contributed by atoms with Gasteiger partial charge >= 0.3 is 0 Å². The second kappa shape index (κ2) is 6.21. The molecule has 2 aliphatic carbocycles. The topological polar surface area (TPSA) is 32.8 Å². The monoisotopic (exact) mass is 318 g/mol. The minimum Gasteiger partial charge on any atom is -0.384 e. The van der Waals surface area contributed by atoms with Crippen LogP contribution < -0.4 is 0 Å². The zero-order valence-electron chi connectivity index (χ0n) is 14.4. The molecule has 1 amide bonds. The molecule has 2 atom stereocenters. The lowest BCUT2D eigenvalue weighted by Crippen LogP contribution is -2.39. The Morgan fingerprint density at radius 2 is 2.04 bits per heavy atom. The van der Waals surface area contributed by atoms with Crippen molar-refractivity contribution in [2.24, 2.45) is 23.2 Å². The summed E-state index contributed by atoms with van der Waals surface area (Å²) in [7, 11) is 1.82. The van der Waals surface area contributed by atoms with E-state index in [1.165, 1.54) is 25.9 Å². The lowest BCUT2D eigenvalue weighted by atomic mass is 9.77. The van der Waals surface area contributed by atoms with E-state index in [9.17, 15) is 4.79 Å². The van der Waals surface area contributed by atoms with Gasteiger partial charge in [-0.05, 0) is 38.0 Å². The van der Waals surface area contributed by atoms with Crippen LogP contribution in [0.25, 0.3) is 0 Å². The standard InChI is InChI=1S/C19H30N2O2/c1-23-12-17-11-20(10-15-6-7-15)13-19(17)8-9-21(14-19)18(22)16-4-2-3-5-16/h2-3,15-17H,4-14H2,1H3/t17-,19-/m0/s1. The van der Waals surface area contributed by atoms with Crippen molar-refractivity contribution in [2.45, 2.75) is 32.1 Å². The normalized spacial score (nSPS) is 35.0. The molecule has 2 saturated heterocycles. The lowest BCUT2D eigenvalue weighted by molar-refractivity contribution is -0.134. The van der Waals surface area contributed by atoms with Crippen LogP contribution in [-0.4, -0.2) is 62.1 Å². The third-order valence-corrected chi connectivity index (χ3v) is 6.52. The maximum absolute atomic E-state index is 12.8. The molecule has 128 valence electrons. The predicted octanol–water partition coefficient (Wildman–Crippen LogP) is 2.16. The third-order valence-electron chi connectivity index (χ3n) is 6.52. The van der Waals surface area contributed by atoms with E-state index in [2.05, 4.69) is 22.0 Å². The predicted molar refractivity (Wildman–Crippen MR) is 90.0 cm³/mol. The Hall–Kier alpha value is -0.870. The molecule has 4 nitrogen and oxygen atoms in total. The van der Waals surface area contributed by atoms with E-state index < -0.39 is 0 Å². The van der Waals surface area contributed by atoms with Crippen molar-refractivity contribution in [3.63, 3.8) is 0 Å². The largest absolute Gasteiger partial charge is 0.384 e. The summed E-state index contributed by atoms with van der Waals surface area (Å²) in [5.41, 5.74) is 0.284. The second-order valence-electron chi connectivity index (χ2n) is 8.30. The van der Waals surface area contributed by atoms with Crippen molar-refractivity contribution < 1.29 is 9.53 Å². The van der Waals surface area contributed by atoms with Gasteiger partial charge in [-0.2, -0.15) is 0 Å². The molecule has 1 spiro atoms. The maximum Gasteiger partial charge on any atom is 0.226 e. The van der Waals surface area contributed by atoms with Gasteiger partial charge in [0.1, 0.15) is 0 Å². The van der Waals surface area contributed by atoms with Crippen LogP contribution in [0, 0.1) is 23.2 Å². The molecular formula is C19H30N2O2. The lowest BCUT2D eigenvalue weighted by Gasteiger charge is -2.30. The van der Waals surface area contributed by atoms with E-state index in [0.29, 0.717) is 11.8 Å². The van der Waals surface area contributed by atoms with Gasteiger partial charge < -0.3 is 14.5 Å². The third kappa shape index (κ3) is 3.08. The van der Waals surface area contributed by atoms with Gasteiger partial charge in [0.05, 0.1) is 6.61 Å². The molecule has 23 heavy (non-hydrogen) atoms. The summed E-state index contributed by atoms with van der Waals surface area (Å²) >= 11 is 0. The summed E-state index contributed by atoms with van der Waals surface area (Å²) in [5, 5.41) is 0. The molecule has 1 saturated carbocycles. The maximum atomic E-state index is 12.8. The van der Waals surface area contributed by atoms with Crippen LogP contribution in [0.3, 0.4) is 0 Å². The highest BCUT2D eigenvalue weighted by Gasteiger charge is 2.52. The molecule has 0 bridgehead atoms. The molecule has 4 heteroatoms. The summed E-state index contributed by atoms with van der Waals surface area (Å²) in [6.45, 7) is 6.35. The van der Waals surface area contributed by atoms with Crippen LogP contribution in [0.4, 0.5) is 0 Å². The molecular weight excluding hydrogens is 288 g/mol. The van der Waals surface area contributed by atoms with Gasteiger partial charge in [-0.25, -0.2) is 0 Å². The van der Waals surface area contributed by atoms with Crippen molar-refractivity contribution in [1.82, 2.24) is 9.80 Å². The van der Waals surface area contributed by atoms with Gasteiger partial charge in [-0.1, -0.05) is 12.2 Å². The molecule has 0 aromatic carbocycles. The van der Waals surface area contributed by atoms with Crippen molar-refractivity contribution in [1.29, 1.82) is 0 Å². The zero-order chi connectivity index (χ0) is 15.9. The van der Waals surface area contributed by atoms with Gasteiger partial charge in [0.2, 0.25) is 5.91 Å². The Kier molecular flexibility index (Phi) is 4.22. The SMILES string of the molecule is COC[C@@H]1CN(CC2CC2)C[C@]12CCN(C(=O)C1CC=CC1)C2. The molecule has 3 fully saturated rings. The van der Waals surface area contributed by atoms with Crippen molar-refractivity contribution >= 4 is 5.91 Å². The number of amides is 1. The number of carbonyl (C=O) groups excluding carboxylic acids is 1. The minimum atomic E-state index is 0.218. The van der Waals surface area contributed by atoms with Crippen LogP contribution in [0.15, 0.2) is 12.2 Å². The number of nitrogens with zero attached hydrogens (tertiary/aromatic N) is 2. The molecule has 2 heterocycles. The number of likely N-dealkylation sites (tertiary alicyclic amines) is 2. The molecule has 0 radical (unpaired) electrons. The molecule has 4 rings (SSSR count). The molecule has 4 aliphatic rings. The van der Waals surface area contributed by atoms with Gasteiger partial charge in [-0.15, -0.1) is 0 Å². The first-order chi connectivity index (χ1) is 11.2. The van der Waals surface area contributed by atoms with E-state index in [1.807, 2.05) is 7.11 Å². The van der Waals surface area contributed by atoms with Gasteiger partial charge in [0, 0.05) is 57.1 Å². The van der Waals surface area contributed by atoms with Gasteiger partial charge in [0.15, 0.2) is 0 Å². The number of methoxy groups -OCH3 is 1. The van der Waals surface area contributed by atoms with Crippen LogP contribution >= 0.6 is 0 Å². The fourth-order valence-corrected chi connectivity index (χ4v) is 5.00. The van der Waals surface area contributed by atoms with E-state index >= 15 is 0 Å². The molecule has 0 unspecified atom stereocenters. The van der Waals surface area contributed by atoms with Gasteiger partial charge in [-0.3, -0.25) is 4.79 Å². The van der Waals surface area contributed by atoms with Crippen LogP contribution in [0.5, 0.6) is 0 Å². The first-order valence-corrected chi connectivity index (χ1v) is 9.35. The summed E-state index contributed by atoms with van der Waals surface area (Å²) in [5.74, 6) is 2.14. The zero-order valence-corrected chi connectivity index (χ0v) is 14.4. The molecule has 0 aromatic heterocycles. The first-order valence-electron chi connectivity index (χ1n) is 9.35. The summed E-state index contributed by atoms with van der Waals surface area (Å²) in [6.07, 6.45) is 10.2. The number of rotatable bonds is 5. The van der Waals surface area contributed by atoms with Crippen molar-refractivity contribution in [3.05, 3.63) is 12.2 Å². The smallest absolute Gasteiger partial charge is 0.226 e. The average Bonchev–Trinajstić information content (AvgIpc) is 2.96. The van der Waals surface area contributed by atoms with Crippen LogP contribution in [0.1, 0.15) is 32.1 Å². The Bertz CT molecular complexity index is 480. The summed E-state index contributed by atoms with van der Waals surface area (Å²) in [6, 6.07) is 0. The minimum absolute atomic E-state index is 0.218. The summed E-state index contributed by atoms with van der Waals surface area (Å²) < 4.78 is 5.54.